The normalized spacial score (nSPS) is 10.2. The number of halogens is 2. The minimum atomic E-state index is -0.332. The zero-order valence-corrected chi connectivity index (χ0v) is 9.39. The van der Waals surface area contributed by atoms with Gasteiger partial charge < -0.3 is 10.5 Å². The zero-order valence-electron chi connectivity index (χ0n) is 7.80. The van der Waals surface area contributed by atoms with Gasteiger partial charge in [-0.25, -0.2) is 4.39 Å². The van der Waals surface area contributed by atoms with E-state index < -0.39 is 0 Å². The molecule has 1 aromatic rings. The minimum Gasteiger partial charge on any atom is -0.490 e. The zero-order chi connectivity index (χ0) is 10.4. The van der Waals surface area contributed by atoms with Crippen LogP contribution in [0.3, 0.4) is 0 Å². The molecule has 0 heterocycles. The fourth-order valence-electron chi connectivity index (χ4n) is 1.02. The molecule has 0 aliphatic rings. The van der Waals surface area contributed by atoms with Crippen molar-refractivity contribution in [1.29, 1.82) is 0 Å². The third-order valence-corrected chi connectivity index (χ3v) is 2.24. The van der Waals surface area contributed by atoms with Crippen LogP contribution in [0.5, 0.6) is 5.75 Å². The number of hydrogen-bond acceptors (Lipinski definition) is 2. The van der Waals surface area contributed by atoms with Crippen molar-refractivity contribution in [2.75, 3.05) is 13.2 Å². The summed E-state index contributed by atoms with van der Waals surface area (Å²) < 4.78 is 19.2. The Morgan fingerprint density at radius 1 is 1.36 bits per heavy atom. The van der Waals surface area contributed by atoms with Crippen molar-refractivity contribution in [3.63, 3.8) is 0 Å². The van der Waals surface area contributed by atoms with E-state index in [-0.39, 0.29) is 11.6 Å². The lowest BCUT2D eigenvalue weighted by Crippen LogP contribution is -2.04. The van der Waals surface area contributed by atoms with Gasteiger partial charge in [-0.05, 0) is 37.6 Å². The summed E-state index contributed by atoms with van der Waals surface area (Å²) in [6, 6.07) is 4.64. The van der Waals surface area contributed by atoms with Gasteiger partial charge >= 0.3 is 0 Å². The van der Waals surface area contributed by atoms with Crippen molar-refractivity contribution in [2.24, 2.45) is 5.73 Å². The summed E-state index contributed by atoms with van der Waals surface area (Å²) in [5.74, 6) is -0.0441. The van der Waals surface area contributed by atoms with Gasteiger partial charge in [-0.1, -0.05) is 15.9 Å². The van der Waals surface area contributed by atoms with Gasteiger partial charge in [0, 0.05) is 4.47 Å². The number of ether oxygens (including phenoxy) is 1. The average molecular weight is 262 g/mol. The quantitative estimate of drug-likeness (QED) is 0.828. The Balaban J connectivity index is 2.45. The molecule has 0 fully saturated rings. The molecule has 0 aliphatic heterocycles. The van der Waals surface area contributed by atoms with Gasteiger partial charge in [-0.2, -0.15) is 0 Å². The Morgan fingerprint density at radius 2 is 2.14 bits per heavy atom. The fourth-order valence-corrected chi connectivity index (χ4v) is 1.36. The second kappa shape index (κ2) is 5.98. The van der Waals surface area contributed by atoms with E-state index in [0.29, 0.717) is 13.2 Å². The number of nitrogens with two attached hydrogens (primary N) is 1. The van der Waals surface area contributed by atoms with Crippen LogP contribution < -0.4 is 10.5 Å². The number of unbranched alkanes of at least 4 members (excludes halogenated alkanes) is 1. The maximum absolute atomic E-state index is 13.1. The Bertz CT molecular complexity index is 293. The Hall–Kier alpha value is -0.610. The maximum atomic E-state index is 13.1. The smallest absolute Gasteiger partial charge is 0.165 e. The van der Waals surface area contributed by atoms with Crippen LogP contribution in [0.4, 0.5) is 4.39 Å². The molecule has 78 valence electrons. The first-order valence-corrected chi connectivity index (χ1v) is 5.31. The molecule has 14 heavy (non-hydrogen) atoms. The molecular weight excluding hydrogens is 249 g/mol. The highest BCUT2D eigenvalue weighted by Crippen LogP contribution is 2.22. The Morgan fingerprint density at radius 3 is 2.86 bits per heavy atom. The first kappa shape index (κ1) is 11.5. The first-order valence-electron chi connectivity index (χ1n) is 4.52. The molecule has 0 unspecified atom stereocenters. The first-order chi connectivity index (χ1) is 6.74. The van der Waals surface area contributed by atoms with Crippen LogP contribution in [0, 0.1) is 5.82 Å². The van der Waals surface area contributed by atoms with E-state index in [1.807, 2.05) is 0 Å². The van der Waals surface area contributed by atoms with Crippen LogP contribution in [-0.2, 0) is 0 Å². The van der Waals surface area contributed by atoms with Gasteiger partial charge in [0.05, 0.1) is 6.61 Å². The van der Waals surface area contributed by atoms with Crippen LogP contribution >= 0.6 is 15.9 Å². The second-order valence-electron chi connectivity index (χ2n) is 2.92. The summed E-state index contributed by atoms with van der Waals surface area (Å²) >= 11 is 3.25. The predicted molar refractivity (Wildman–Crippen MR) is 57.9 cm³/mol. The van der Waals surface area contributed by atoms with Crippen molar-refractivity contribution < 1.29 is 9.13 Å². The summed E-state index contributed by atoms with van der Waals surface area (Å²) in [7, 11) is 0. The van der Waals surface area contributed by atoms with Crippen LogP contribution in [0.2, 0.25) is 0 Å². The molecule has 1 aromatic carbocycles. The molecule has 0 bridgehead atoms. The molecule has 4 heteroatoms. The summed E-state index contributed by atoms with van der Waals surface area (Å²) in [4.78, 5) is 0. The van der Waals surface area contributed by atoms with Crippen molar-refractivity contribution in [3.05, 3.63) is 28.5 Å². The third kappa shape index (κ3) is 3.64. The SMILES string of the molecule is NCCCCOc1cc(Br)ccc1F. The predicted octanol–water partition coefficient (Wildman–Crippen LogP) is 2.71. The molecule has 0 saturated carbocycles. The molecule has 0 saturated heterocycles. The van der Waals surface area contributed by atoms with Crippen molar-refractivity contribution in [2.45, 2.75) is 12.8 Å². The molecule has 0 aromatic heterocycles. The molecule has 2 nitrogen and oxygen atoms in total. The van der Waals surface area contributed by atoms with Gasteiger partial charge in [0.15, 0.2) is 11.6 Å². The molecule has 1 rings (SSSR count). The van der Waals surface area contributed by atoms with Crippen LogP contribution in [0.25, 0.3) is 0 Å². The van der Waals surface area contributed by atoms with E-state index in [9.17, 15) is 4.39 Å². The van der Waals surface area contributed by atoms with Crippen LogP contribution in [-0.4, -0.2) is 13.2 Å². The summed E-state index contributed by atoms with van der Waals surface area (Å²) in [5.41, 5.74) is 5.32. The molecule has 0 spiro atoms. The van der Waals surface area contributed by atoms with Gasteiger partial charge in [0.2, 0.25) is 0 Å². The largest absolute Gasteiger partial charge is 0.490 e. The van der Waals surface area contributed by atoms with Crippen LogP contribution in [0.15, 0.2) is 22.7 Å². The van der Waals surface area contributed by atoms with Gasteiger partial charge in [0.25, 0.3) is 0 Å². The van der Waals surface area contributed by atoms with E-state index in [0.717, 1.165) is 17.3 Å². The van der Waals surface area contributed by atoms with Crippen molar-refractivity contribution >= 4 is 15.9 Å². The Labute approximate surface area is 91.4 Å². The van der Waals surface area contributed by atoms with Gasteiger partial charge in [-0.3, -0.25) is 0 Å². The molecule has 0 aliphatic carbocycles. The lowest BCUT2D eigenvalue weighted by atomic mass is 10.3. The van der Waals surface area contributed by atoms with Crippen molar-refractivity contribution in [3.8, 4) is 5.75 Å². The number of hydrogen-bond donors (Lipinski definition) is 1. The Kier molecular flexibility index (Phi) is 4.90. The second-order valence-corrected chi connectivity index (χ2v) is 3.83. The van der Waals surface area contributed by atoms with E-state index in [1.165, 1.54) is 6.07 Å². The lowest BCUT2D eigenvalue weighted by molar-refractivity contribution is 0.292. The molecule has 0 amide bonds. The van der Waals surface area contributed by atoms with E-state index in [2.05, 4.69) is 15.9 Å². The highest BCUT2D eigenvalue weighted by atomic mass is 79.9. The standard InChI is InChI=1S/C10H13BrFNO/c11-8-3-4-9(12)10(7-8)14-6-2-1-5-13/h3-4,7H,1-2,5-6,13H2. The molecule has 0 radical (unpaired) electrons. The van der Waals surface area contributed by atoms with E-state index in [1.54, 1.807) is 12.1 Å². The number of benzene rings is 1. The summed E-state index contributed by atoms with van der Waals surface area (Å²) in [6.45, 7) is 1.15. The highest BCUT2D eigenvalue weighted by molar-refractivity contribution is 9.10. The van der Waals surface area contributed by atoms with E-state index >= 15 is 0 Å². The molecule has 2 N–H and O–H groups in total. The highest BCUT2D eigenvalue weighted by Gasteiger charge is 2.02. The summed E-state index contributed by atoms with van der Waals surface area (Å²) in [5, 5.41) is 0. The molecular formula is C10H13BrFNO. The number of rotatable bonds is 5. The third-order valence-electron chi connectivity index (χ3n) is 1.75. The van der Waals surface area contributed by atoms with Gasteiger partial charge in [0.1, 0.15) is 0 Å². The minimum absolute atomic E-state index is 0.288. The lowest BCUT2D eigenvalue weighted by Gasteiger charge is -2.06. The molecule has 0 atom stereocenters. The topological polar surface area (TPSA) is 35.2 Å². The van der Waals surface area contributed by atoms with E-state index in [4.69, 9.17) is 10.5 Å². The maximum Gasteiger partial charge on any atom is 0.165 e. The monoisotopic (exact) mass is 261 g/mol. The van der Waals surface area contributed by atoms with Crippen LogP contribution in [0.1, 0.15) is 12.8 Å². The van der Waals surface area contributed by atoms with Gasteiger partial charge in [-0.15, -0.1) is 0 Å². The average Bonchev–Trinajstić information content (AvgIpc) is 2.18. The summed E-state index contributed by atoms with van der Waals surface area (Å²) in [6.07, 6.45) is 1.75. The fraction of sp³-hybridized carbons (Fsp3) is 0.400. The van der Waals surface area contributed by atoms with Crippen molar-refractivity contribution in [1.82, 2.24) is 0 Å².